The summed E-state index contributed by atoms with van der Waals surface area (Å²) in [4.78, 5) is 13.7. The smallest absolute Gasteiger partial charge is 0.121 e. The highest BCUT2D eigenvalue weighted by Gasteiger charge is 2.53. The Hall–Kier alpha value is -0.370. The minimum atomic E-state index is 0.465. The fourth-order valence-corrected chi connectivity index (χ4v) is 6.02. The molecular formula is C17H29NO. The number of aldehydes is 1. The molecule has 4 saturated carbocycles. The molecule has 0 aromatic carbocycles. The Bertz CT molecular complexity index is 303. The zero-order chi connectivity index (χ0) is 13.5. The average molecular weight is 263 g/mol. The molecular weight excluding hydrogens is 234 g/mol. The maximum absolute atomic E-state index is 11.0. The number of nitrogens with zero attached hydrogens (tertiary/aromatic N) is 1. The lowest BCUT2D eigenvalue weighted by molar-refractivity contribution is -0.117. The van der Waals surface area contributed by atoms with Gasteiger partial charge in [-0.3, -0.25) is 4.90 Å². The van der Waals surface area contributed by atoms with Crippen molar-refractivity contribution >= 4 is 6.29 Å². The third-order valence-electron chi connectivity index (χ3n) is 6.24. The molecule has 1 atom stereocenters. The minimum absolute atomic E-state index is 0.465. The summed E-state index contributed by atoms with van der Waals surface area (Å²) in [7, 11) is 0. The molecule has 0 amide bonds. The Labute approximate surface area is 117 Å². The van der Waals surface area contributed by atoms with Crippen LogP contribution in [0, 0.1) is 17.8 Å². The Morgan fingerprint density at radius 3 is 2.00 bits per heavy atom. The van der Waals surface area contributed by atoms with Gasteiger partial charge in [0.2, 0.25) is 0 Å². The van der Waals surface area contributed by atoms with Crippen LogP contribution in [0.3, 0.4) is 0 Å². The molecule has 1 unspecified atom stereocenters. The molecule has 0 spiro atoms. The number of hydrogen-bond acceptors (Lipinski definition) is 2. The minimum Gasteiger partial charge on any atom is -0.303 e. The normalized spacial score (nSPS) is 41.7. The number of hydrogen-bond donors (Lipinski definition) is 0. The molecule has 4 rings (SSSR count). The van der Waals surface area contributed by atoms with Crippen LogP contribution in [0.2, 0.25) is 0 Å². The summed E-state index contributed by atoms with van der Waals surface area (Å²) in [5.74, 6) is 2.98. The van der Waals surface area contributed by atoms with Crippen molar-refractivity contribution in [2.24, 2.45) is 17.8 Å². The summed E-state index contributed by atoms with van der Waals surface area (Å²) < 4.78 is 0. The van der Waals surface area contributed by atoms with E-state index in [-0.39, 0.29) is 0 Å². The van der Waals surface area contributed by atoms with Gasteiger partial charge in [0.25, 0.3) is 0 Å². The van der Waals surface area contributed by atoms with Crippen molar-refractivity contribution in [1.29, 1.82) is 0 Å². The summed E-state index contributed by atoms with van der Waals surface area (Å²) in [6.45, 7) is 5.67. The van der Waals surface area contributed by atoms with Crippen LogP contribution in [-0.2, 0) is 4.79 Å². The molecule has 0 aromatic heterocycles. The molecule has 108 valence electrons. The predicted octanol–water partition coefficient (Wildman–Crippen LogP) is 3.64. The highest BCUT2D eigenvalue weighted by Crippen LogP contribution is 2.58. The highest BCUT2D eigenvalue weighted by atomic mass is 16.1. The van der Waals surface area contributed by atoms with Crippen LogP contribution in [0.15, 0.2) is 0 Å². The number of carbonyl (C=O) groups is 1. The van der Waals surface area contributed by atoms with Gasteiger partial charge in [0.1, 0.15) is 6.29 Å². The van der Waals surface area contributed by atoms with Crippen molar-refractivity contribution in [2.45, 2.75) is 76.8 Å². The number of carbonyl (C=O) groups excluding carboxylic acids is 1. The molecule has 0 N–H and O–H groups in total. The molecule has 0 aromatic rings. The van der Waals surface area contributed by atoms with Gasteiger partial charge in [-0.05, 0) is 69.2 Å². The maximum atomic E-state index is 11.0. The molecule has 0 radical (unpaired) electrons. The van der Waals surface area contributed by atoms with E-state index in [0.717, 1.165) is 43.4 Å². The van der Waals surface area contributed by atoms with Crippen LogP contribution in [0.4, 0.5) is 0 Å². The lowest BCUT2D eigenvalue weighted by Gasteiger charge is -2.62. The molecule has 4 aliphatic carbocycles. The Morgan fingerprint density at radius 1 is 1.11 bits per heavy atom. The summed E-state index contributed by atoms with van der Waals surface area (Å²) in [6.07, 6.45) is 11.7. The first-order valence-electron chi connectivity index (χ1n) is 8.41. The molecule has 0 saturated heterocycles. The third-order valence-corrected chi connectivity index (χ3v) is 6.24. The monoisotopic (exact) mass is 263 g/mol. The van der Waals surface area contributed by atoms with Crippen LogP contribution in [0.25, 0.3) is 0 Å². The van der Waals surface area contributed by atoms with Gasteiger partial charge in [-0.1, -0.05) is 13.8 Å². The van der Waals surface area contributed by atoms with Gasteiger partial charge in [-0.2, -0.15) is 0 Å². The third kappa shape index (κ3) is 2.26. The first kappa shape index (κ1) is 13.6. The van der Waals surface area contributed by atoms with E-state index in [0.29, 0.717) is 11.6 Å². The largest absolute Gasteiger partial charge is 0.303 e. The quantitative estimate of drug-likeness (QED) is 0.682. The second kappa shape index (κ2) is 5.20. The average Bonchev–Trinajstić information content (AvgIpc) is 2.36. The van der Waals surface area contributed by atoms with Crippen LogP contribution in [0.5, 0.6) is 0 Å². The summed E-state index contributed by atoms with van der Waals surface area (Å²) in [5, 5.41) is 0. The second-order valence-electron chi connectivity index (χ2n) is 7.39. The van der Waals surface area contributed by atoms with Gasteiger partial charge in [-0.25, -0.2) is 0 Å². The molecule has 2 heteroatoms. The van der Waals surface area contributed by atoms with Crippen molar-refractivity contribution < 1.29 is 4.79 Å². The molecule has 2 nitrogen and oxygen atoms in total. The van der Waals surface area contributed by atoms with Crippen molar-refractivity contribution in [3.05, 3.63) is 0 Å². The van der Waals surface area contributed by atoms with Crippen molar-refractivity contribution in [2.75, 3.05) is 6.54 Å². The van der Waals surface area contributed by atoms with E-state index in [1.54, 1.807) is 0 Å². The first-order chi connectivity index (χ1) is 9.20. The van der Waals surface area contributed by atoms with Crippen LogP contribution in [0.1, 0.15) is 65.2 Å². The fraction of sp³-hybridized carbons (Fsp3) is 0.941. The van der Waals surface area contributed by atoms with E-state index in [1.165, 1.54) is 38.5 Å². The fourth-order valence-electron chi connectivity index (χ4n) is 6.02. The molecule has 0 aliphatic heterocycles. The van der Waals surface area contributed by atoms with Crippen molar-refractivity contribution in [3.8, 4) is 0 Å². The molecule has 0 heterocycles. The first-order valence-corrected chi connectivity index (χ1v) is 8.41. The van der Waals surface area contributed by atoms with E-state index >= 15 is 0 Å². The maximum Gasteiger partial charge on any atom is 0.121 e. The number of rotatable bonds is 6. The Kier molecular flexibility index (Phi) is 3.72. The SMILES string of the molecule is CCC(CC=O)N(CC)C12CC3CC(CC(C3)C1)C2. The van der Waals surface area contributed by atoms with Crippen molar-refractivity contribution in [1.82, 2.24) is 4.90 Å². The highest BCUT2D eigenvalue weighted by molar-refractivity contribution is 5.50. The van der Waals surface area contributed by atoms with Gasteiger partial charge in [0, 0.05) is 18.0 Å². The standard InChI is InChI=1S/C17H29NO/c1-3-16(5-6-19)18(4-2)17-10-13-7-14(11-17)9-15(8-13)12-17/h6,13-16H,3-5,7-12H2,1-2H3. The van der Waals surface area contributed by atoms with E-state index in [1.807, 2.05) is 0 Å². The van der Waals surface area contributed by atoms with Gasteiger partial charge >= 0.3 is 0 Å². The Balaban J connectivity index is 1.83. The molecule has 4 bridgehead atoms. The second-order valence-corrected chi connectivity index (χ2v) is 7.39. The summed E-state index contributed by atoms with van der Waals surface area (Å²) >= 11 is 0. The van der Waals surface area contributed by atoms with E-state index < -0.39 is 0 Å². The van der Waals surface area contributed by atoms with Gasteiger partial charge in [0.05, 0.1) is 0 Å². The zero-order valence-corrected chi connectivity index (χ0v) is 12.6. The predicted molar refractivity (Wildman–Crippen MR) is 78.0 cm³/mol. The van der Waals surface area contributed by atoms with Crippen LogP contribution < -0.4 is 0 Å². The zero-order valence-electron chi connectivity index (χ0n) is 12.6. The Morgan fingerprint density at radius 2 is 1.63 bits per heavy atom. The van der Waals surface area contributed by atoms with Gasteiger partial charge in [0.15, 0.2) is 0 Å². The van der Waals surface area contributed by atoms with Crippen LogP contribution >= 0.6 is 0 Å². The van der Waals surface area contributed by atoms with Gasteiger partial charge in [-0.15, -0.1) is 0 Å². The summed E-state index contributed by atoms with van der Waals surface area (Å²) in [6, 6.07) is 0.485. The van der Waals surface area contributed by atoms with E-state index in [9.17, 15) is 4.79 Å². The molecule has 4 aliphatic rings. The molecule has 19 heavy (non-hydrogen) atoms. The van der Waals surface area contributed by atoms with E-state index in [2.05, 4.69) is 18.7 Å². The van der Waals surface area contributed by atoms with Crippen LogP contribution in [-0.4, -0.2) is 29.3 Å². The lowest BCUT2D eigenvalue weighted by atomic mass is 9.52. The van der Waals surface area contributed by atoms with Gasteiger partial charge < -0.3 is 4.79 Å². The molecule has 4 fully saturated rings. The lowest BCUT2D eigenvalue weighted by Crippen LogP contribution is -2.62. The topological polar surface area (TPSA) is 20.3 Å². The summed E-state index contributed by atoms with van der Waals surface area (Å²) in [5.41, 5.74) is 0.465. The van der Waals surface area contributed by atoms with Crippen molar-refractivity contribution in [3.63, 3.8) is 0 Å². The van der Waals surface area contributed by atoms with E-state index in [4.69, 9.17) is 0 Å².